The Labute approximate surface area is 152 Å². The summed E-state index contributed by atoms with van der Waals surface area (Å²) < 4.78 is 30.2. The molecular formula is C17H18F2N6O2. The fraction of sp³-hybridized carbons (Fsp3) is 0.353. The topological polar surface area (TPSA) is 95.2 Å². The molecule has 0 saturated carbocycles. The van der Waals surface area contributed by atoms with Gasteiger partial charge in [-0.2, -0.15) is 0 Å². The molecule has 2 aromatic heterocycles. The van der Waals surface area contributed by atoms with Crippen LogP contribution in [0.5, 0.6) is 0 Å². The number of nitrogens with one attached hydrogen (secondary N) is 3. The predicted octanol–water partition coefficient (Wildman–Crippen LogP) is 3.35. The van der Waals surface area contributed by atoms with Gasteiger partial charge >= 0.3 is 6.09 Å². The molecule has 10 heteroatoms. The highest BCUT2D eigenvalue weighted by Gasteiger charge is 2.41. The lowest BCUT2D eigenvalue weighted by molar-refractivity contribution is 0.162. The van der Waals surface area contributed by atoms with Crippen LogP contribution in [-0.4, -0.2) is 51.2 Å². The number of benzene rings is 1. The lowest BCUT2D eigenvalue weighted by atomic mass is 10.1. The summed E-state index contributed by atoms with van der Waals surface area (Å²) in [6, 6.07) is 5.31. The van der Waals surface area contributed by atoms with Crippen LogP contribution >= 0.6 is 0 Å². The van der Waals surface area contributed by atoms with Crippen LogP contribution in [0.25, 0.3) is 21.9 Å². The number of cyclic esters (lactones) is 1. The molecule has 0 unspecified atom stereocenters. The average Bonchev–Trinajstić information content (AvgIpc) is 3.13. The fourth-order valence-corrected chi connectivity index (χ4v) is 3.09. The molecule has 3 N–H and O–H groups in total. The van der Waals surface area contributed by atoms with Gasteiger partial charge in [0.25, 0.3) is 6.43 Å². The van der Waals surface area contributed by atoms with Crippen molar-refractivity contribution >= 4 is 39.5 Å². The summed E-state index contributed by atoms with van der Waals surface area (Å²) in [5.74, 6) is 0.421. The first-order valence-electron chi connectivity index (χ1n) is 8.38. The van der Waals surface area contributed by atoms with Crippen LogP contribution in [-0.2, 0) is 4.74 Å². The number of hydrogen-bond donors (Lipinski definition) is 3. The number of aromatic amines is 1. The van der Waals surface area contributed by atoms with Gasteiger partial charge in [-0.15, -0.1) is 0 Å². The number of H-pyrrole nitrogens is 1. The quantitative estimate of drug-likeness (QED) is 0.632. The van der Waals surface area contributed by atoms with Gasteiger partial charge in [0.05, 0.1) is 28.7 Å². The number of fused-ring (bicyclic) bond motifs is 3. The first-order valence-corrected chi connectivity index (χ1v) is 8.38. The first-order chi connectivity index (χ1) is 12.9. The van der Waals surface area contributed by atoms with Crippen LogP contribution < -0.4 is 10.7 Å². The van der Waals surface area contributed by atoms with E-state index in [4.69, 9.17) is 4.74 Å². The third-order valence-corrected chi connectivity index (χ3v) is 4.43. The van der Waals surface area contributed by atoms with Gasteiger partial charge in [-0.05, 0) is 19.9 Å². The first kappa shape index (κ1) is 17.3. The van der Waals surface area contributed by atoms with E-state index in [1.807, 2.05) is 19.9 Å². The van der Waals surface area contributed by atoms with Crippen molar-refractivity contribution in [2.45, 2.75) is 25.8 Å². The van der Waals surface area contributed by atoms with E-state index >= 15 is 0 Å². The van der Waals surface area contributed by atoms with Crippen molar-refractivity contribution in [3.05, 3.63) is 24.5 Å². The number of para-hydroxylation sites is 1. The van der Waals surface area contributed by atoms with E-state index in [-0.39, 0.29) is 6.61 Å². The number of amides is 1. The number of ether oxygens (including phenoxy) is 1. The summed E-state index contributed by atoms with van der Waals surface area (Å²) in [7, 11) is 0. The van der Waals surface area contributed by atoms with Gasteiger partial charge in [-0.3, -0.25) is 5.43 Å². The maximum atomic E-state index is 12.6. The minimum atomic E-state index is -2.47. The van der Waals surface area contributed by atoms with E-state index < -0.39 is 24.6 Å². The summed E-state index contributed by atoms with van der Waals surface area (Å²) in [6.45, 7) is 3.53. The van der Waals surface area contributed by atoms with Crippen LogP contribution in [0.15, 0.2) is 24.5 Å². The number of aromatic nitrogens is 3. The second-order valence-corrected chi connectivity index (χ2v) is 6.89. The van der Waals surface area contributed by atoms with E-state index in [0.717, 1.165) is 5.39 Å². The van der Waals surface area contributed by atoms with Crippen LogP contribution in [0.4, 0.5) is 25.1 Å². The van der Waals surface area contributed by atoms with Gasteiger partial charge in [-0.1, -0.05) is 12.1 Å². The van der Waals surface area contributed by atoms with E-state index in [9.17, 15) is 13.6 Å². The Bertz CT molecular complexity index is 1020. The minimum Gasteiger partial charge on any atom is -0.446 e. The standard InChI is InChI=1S/C17H18F2N6O2/c1-17(2)7-27-16(26)25(17)24-15-12-9-4-3-5-10(20-6-11(18)19)13(9)23-14(12)21-8-22-15/h3-5,8,11,20H,6-7H2,1-2H3,(H2,21,22,23,24). The molecule has 1 saturated heterocycles. The van der Waals surface area contributed by atoms with Crippen molar-refractivity contribution in [1.82, 2.24) is 20.0 Å². The third kappa shape index (κ3) is 2.96. The lowest BCUT2D eigenvalue weighted by Crippen LogP contribution is -2.45. The summed E-state index contributed by atoms with van der Waals surface area (Å²) in [5.41, 5.74) is 4.17. The van der Waals surface area contributed by atoms with Crippen LogP contribution in [0.1, 0.15) is 13.8 Å². The Hall–Kier alpha value is -3.17. The van der Waals surface area contributed by atoms with E-state index in [2.05, 4.69) is 25.7 Å². The van der Waals surface area contributed by atoms with Gasteiger partial charge in [0.15, 0.2) is 5.82 Å². The van der Waals surface area contributed by atoms with E-state index in [0.29, 0.717) is 28.1 Å². The monoisotopic (exact) mass is 376 g/mol. The second-order valence-electron chi connectivity index (χ2n) is 6.89. The molecule has 0 aliphatic carbocycles. The summed E-state index contributed by atoms with van der Waals surface area (Å²) in [5, 5.41) is 5.51. The highest BCUT2D eigenvalue weighted by Crippen LogP contribution is 2.34. The third-order valence-electron chi connectivity index (χ3n) is 4.43. The maximum Gasteiger partial charge on any atom is 0.429 e. The average molecular weight is 376 g/mol. The molecule has 0 spiro atoms. The number of carbonyl (C=O) groups excluding carboxylic acids is 1. The number of hydrazine groups is 1. The van der Waals surface area contributed by atoms with Crippen molar-refractivity contribution in [3.63, 3.8) is 0 Å². The number of hydrogen-bond acceptors (Lipinski definition) is 6. The van der Waals surface area contributed by atoms with E-state index in [1.165, 1.54) is 11.3 Å². The molecular weight excluding hydrogens is 358 g/mol. The molecule has 1 amide bonds. The molecule has 27 heavy (non-hydrogen) atoms. The van der Waals surface area contributed by atoms with Crippen molar-refractivity contribution < 1.29 is 18.3 Å². The summed E-state index contributed by atoms with van der Waals surface area (Å²) in [6.07, 6.45) is -1.60. The normalized spacial score (nSPS) is 16.3. The van der Waals surface area contributed by atoms with Crippen molar-refractivity contribution in [2.75, 3.05) is 23.9 Å². The Kier molecular flexibility index (Phi) is 3.97. The predicted molar refractivity (Wildman–Crippen MR) is 96.8 cm³/mol. The van der Waals surface area contributed by atoms with Crippen LogP contribution in [0.2, 0.25) is 0 Å². The minimum absolute atomic E-state index is 0.253. The molecule has 3 heterocycles. The molecule has 0 atom stereocenters. The zero-order valence-electron chi connectivity index (χ0n) is 14.7. The van der Waals surface area contributed by atoms with Gasteiger partial charge in [0, 0.05) is 5.39 Å². The Balaban J connectivity index is 1.80. The molecule has 1 fully saturated rings. The van der Waals surface area contributed by atoms with Gasteiger partial charge in [0.2, 0.25) is 0 Å². The number of alkyl halides is 2. The Morgan fingerprint density at radius 2 is 2.19 bits per heavy atom. The number of nitrogens with zero attached hydrogens (tertiary/aromatic N) is 3. The maximum absolute atomic E-state index is 12.6. The molecule has 4 rings (SSSR count). The van der Waals surface area contributed by atoms with Crippen molar-refractivity contribution in [1.29, 1.82) is 0 Å². The van der Waals surface area contributed by atoms with Gasteiger partial charge < -0.3 is 15.0 Å². The largest absolute Gasteiger partial charge is 0.446 e. The van der Waals surface area contributed by atoms with Crippen LogP contribution in [0, 0.1) is 0 Å². The molecule has 1 aliphatic heterocycles. The zero-order valence-corrected chi connectivity index (χ0v) is 14.7. The molecule has 142 valence electrons. The second kappa shape index (κ2) is 6.22. The van der Waals surface area contributed by atoms with Crippen molar-refractivity contribution in [2.24, 2.45) is 0 Å². The molecule has 0 bridgehead atoms. The fourth-order valence-electron chi connectivity index (χ4n) is 3.09. The van der Waals surface area contributed by atoms with Gasteiger partial charge in [0.1, 0.15) is 18.6 Å². The number of anilines is 2. The number of carbonyl (C=O) groups is 1. The zero-order chi connectivity index (χ0) is 19.2. The molecule has 8 nitrogen and oxygen atoms in total. The molecule has 3 aromatic rings. The van der Waals surface area contributed by atoms with E-state index in [1.54, 1.807) is 12.1 Å². The van der Waals surface area contributed by atoms with Gasteiger partial charge in [-0.25, -0.2) is 28.6 Å². The smallest absolute Gasteiger partial charge is 0.429 e. The number of halogens is 2. The lowest BCUT2D eigenvalue weighted by Gasteiger charge is -2.28. The highest BCUT2D eigenvalue weighted by atomic mass is 19.3. The molecule has 1 aromatic carbocycles. The van der Waals surface area contributed by atoms with Crippen molar-refractivity contribution in [3.8, 4) is 0 Å². The molecule has 0 radical (unpaired) electrons. The molecule has 1 aliphatic rings. The summed E-state index contributed by atoms with van der Waals surface area (Å²) >= 11 is 0. The summed E-state index contributed by atoms with van der Waals surface area (Å²) in [4.78, 5) is 23.7. The highest BCUT2D eigenvalue weighted by molar-refractivity contribution is 6.14. The SMILES string of the molecule is CC1(C)COC(=O)N1Nc1ncnc2[nH]c3c(NCC(F)F)cccc3c12. The Morgan fingerprint density at radius 3 is 2.89 bits per heavy atom. The Morgan fingerprint density at radius 1 is 1.37 bits per heavy atom. The number of rotatable bonds is 5. The van der Waals surface area contributed by atoms with Crippen LogP contribution in [0.3, 0.4) is 0 Å².